The molecule has 14 heteroatoms. The summed E-state index contributed by atoms with van der Waals surface area (Å²) in [5.74, 6) is 0.449. The maximum absolute atomic E-state index is 12.2. The number of sulfonamides is 1. The number of rotatable bonds is 12. The third-order valence-corrected chi connectivity index (χ3v) is 7.63. The van der Waals surface area contributed by atoms with Crippen molar-refractivity contribution in [3.05, 3.63) is 36.0 Å². The molecule has 214 valence electrons. The Morgan fingerprint density at radius 3 is 2.67 bits per heavy atom. The van der Waals surface area contributed by atoms with E-state index >= 15 is 0 Å². The fourth-order valence-electron chi connectivity index (χ4n) is 3.98. The van der Waals surface area contributed by atoms with E-state index in [-0.39, 0.29) is 29.3 Å². The summed E-state index contributed by atoms with van der Waals surface area (Å²) < 4.78 is 37.0. The van der Waals surface area contributed by atoms with E-state index in [0.29, 0.717) is 43.1 Å². The van der Waals surface area contributed by atoms with E-state index in [2.05, 4.69) is 32.1 Å². The number of ether oxygens (including phenoxy) is 2. The molecule has 1 amide bonds. The van der Waals surface area contributed by atoms with E-state index < -0.39 is 16.1 Å². The smallest absolute Gasteiger partial charge is 0.247 e. The van der Waals surface area contributed by atoms with Crippen LogP contribution in [0.5, 0.6) is 11.6 Å². The summed E-state index contributed by atoms with van der Waals surface area (Å²) in [6, 6.07) is 3.54. The summed E-state index contributed by atoms with van der Waals surface area (Å²) in [6.07, 6.45) is 4.71. The zero-order valence-electron chi connectivity index (χ0n) is 22.9. The minimum atomic E-state index is -3.33. The first-order valence-corrected chi connectivity index (χ1v) is 14.6. The van der Waals surface area contributed by atoms with Crippen LogP contribution in [0.25, 0.3) is 0 Å². The minimum Gasteiger partial charge on any atom is -0.494 e. The van der Waals surface area contributed by atoms with Gasteiger partial charge in [-0.3, -0.25) is 4.79 Å². The Morgan fingerprint density at radius 2 is 2.03 bits per heavy atom. The minimum absolute atomic E-state index is 0.133. The molecule has 2 aromatic rings. The normalized spacial score (nSPS) is 16.0. The molecule has 1 aliphatic heterocycles. The zero-order chi connectivity index (χ0) is 28.7. The number of likely N-dealkylation sites (N-methyl/N-ethyl adjacent to an activating group) is 2. The van der Waals surface area contributed by atoms with Crippen LogP contribution in [0.15, 0.2) is 31.0 Å². The zero-order valence-corrected chi connectivity index (χ0v) is 24.5. The summed E-state index contributed by atoms with van der Waals surface area (Å²) in [5, 5.41) is 6.16. The van der Waals surface area contributed by atoms with Crippen molar-refractivity contribution in [1.29, 1.82) is 0 Å². The third-order valence-electron chi connectivity index (χ3n) is 6.10. The van der Waals surface area contributed by atoms with Crippen molar-refractivity contribution >= 4 is 50.5 Å². The van der Waals surface area contributed by atoms with E-state index in [9.17, 15) is 13.2 Å². The maximum atomic E-state index is 12.2. The molecule has 1 aromatic carbocycles. The number of piperidine rings is 1. The molecule has 2 N–H and O–H groups in total. The van der Waals surface area contributed by atoms with Crippen LogP contribution in [0.1, 0.15) is 12.8 Å². The molecule has 1 saturated heterocycles. The molecule has 0 aliphatic carbocycles. The van der Waals surface area contributed by atoms with Crippen LogP contribution in [0.2, 0.25) is 5.02 Å². The first-order chi connectivity index (χ1) is 18.4. The van der Waals surface area contributed by atoms with Gasteiger partial charge < -0.3 is 29.9 Å². The molecule has 2 heterocycles. The van der Waals surface area contributed by atoms with Gasteiger partial charge in [-0.2, -0.15) is 9.29 Å². The van der Waals surface area contributed by atoms with Crippen LogP contribution in [-0.4, -0.2) is 100 Å². The van der Waals surface area contributed by atoms with E-state index in [4.69, 9.17) is 21.1 Å². The molecule has 0 unspecified atom stereocenters. The second-order valence-corrected chi connectivity index (χ2v) is 11.9. The van der Waals surface area contributed by atoms with Gasteiger partial charge in [0.15, 0.2) is 0 Å². The Morgan fingerprint density at radius 1 is 1.28 bits per heavy atom. The van der Waals surface area contributed by atoms with Gasteiger partial charge in [-0.05, 0) is 39.1 Å². The Balaban J connectivity index is 1.89. The number of benzene rings is 1. The summed E-state index contributed by atoms with van der Waals surface area (Å²) in [4.78, 5) is 24.9. The average molecular weight is 582 g/mol. The highest BCUT2D eigenvalue weighted by Gasteiger charge is 2.28. The summed E-state index contributed by atoms with van der Waals surface area (Å²) in [5.41, 5.74) is 1.79. The number of halogens is 1. The number of carbonyl (C=O) groups excluding carboxylic acids is 1. The van der Waals surface area contributed by atoms with E-state index in [1.165, 1.54) is 22.8 Å². The molecular weight excluding hydrogens is 546 g/mol. The lowest BCUT2D eigenvalue weighted by atomic mass is 10.1. The lowest BCUT2D eigenvalue weighted by Gasteiger charge is -2.31. The Bertz CT molecular complexity index is 1290. The second kappa shape index (κ2) is 13.3. The quantitative estimate of drug-likeness (QED) is 0.361. The van der Waals surface area contributed by atoms with Crippen molar-refractivity contribution in [3.8, 4) is 11.6 Å². The fourth-order valence-corrected chi connectivity index (χ4v) is 5.01. The number of nitrogens with one attached hydrogen (secondary N) is 2. The Labute approximate surface area is 235 Å². The highest BCUT2D eigenvalue weighted by Crippen LogP contribution is 2.38. The Kier molecular flexibility index (Phi) is 10.4. The topological polar surface area (TPSA) is 129 Å². The van der Waals surface area contributed by atoms with Crippen LogP contribution in [0, 0.1) is 0 Å². The molecule has 1 aliphatic rings. The molecule has 1 fully saturated rings. The molecule has 0 bridgehead atoms. The van der Waals surface area contributed by atoms with Crippen molar-refractivity contribution in [2.75, 3.05) is 76.2 Å². The fraction of sp³-hybridized carbons (Fsp3) is 0.480. The third kappa shape index (κ3) is 8.43. The van der Waals surface area contributed by atoms with Crippen molar-refractivity contribution in [2.45, 2.75) is 18.9 Å². The van der Waals surface area contributed by atoms with Gasteiger partial charge in [-0.1, -0.05) is 18.2 Å². The number of carbonyl (C=O) groups is 1. The molecular formula is C25H36ClN7O5S. The van der Waals surface area contributed by atoms with E-state index in [1.54, 1.807) is 13.2 Å². The van der Waals surface area contributed by atoms with Gasteiger partial charge in [0.05, 0.1) is 43.2 Å². The van der Waals surface area contributed by atoms with Gasteiger partial charge in [0, 0.05) is 32.7 Å². The van der Waals surface area contributed by atoms with E-state index in [1.807, 2.05) is 32.1 Å². The first-order valence-electron chi connectivity index (χ1n) is 12.3. The van der Waals surface area contributed by atoms with Crippen LogP contribution in [-0.2, 0) is 14.8 Å². The molecule has 0 radical (unpaired) electrons. The van der Waals surface area contributed by atoms with E-state index in [0.717, 1.165) is 12.2 Å². The molecule has 0 spiro atoms. The van der Waals surface area contributed by atoms with Gasteiger partial charge in [0.2, 0.25) is 27.8 Å². The van der Waals surface area contributed by atoms with Gasteiger partial charge >= 0.3 is 0 Å². The summed E-state index contributed by atoms with van der Waals surface area (Å²) >= 11 is 6.31. The van der Waals surface area contributed by atoms with Crippen molar-refractivity contribution in [1.82, 2.24) is 19.2 Å². The van der Waals surface area contributed by atoms with Crippen molar-refractivity contribution in [3.63, 3.8) is 0 Å². The summed E-state index contributed by atoms with van der Waals surface area (Å²) in [6.45, 7) is 5.72. The number of hydrogen-bond donors (Lipinski definition) is 2. The van der Waals surface area contributed by atoms with Crippen LogP contribution in [0.4, 0.5) is 23.0 Å². The molecule has 1 atom stereocenters. The molecule has 1 aromatic heterocycles. The van der Waals surface area contributed by atoms with Gasteiger partial charge in [-0.25, -0.2) is 13.4 Å². The summed E-state index contributed by atoms with van der Waals surface area (Å²) in [7, 11) is 4.11. The number of anilines is 4. The van der Waals surface area contributed by atoms with Crippen LogP contribution >= 0.6 is 11.6 Å². The highest BCUT2D eigenvalue weighted by molar-refractivity contribution is 7.88. The molecule has 3 rings (SSSR count). The average Bonchev–Trinajstić information content (AvgIpc) is 2.89. The number of hydrogen-bond acceptors (Lipinski definition) is 10. The van der Waals surface area contributed by atoms with Gasteiger partial charge in [0.25, 0.3) is 0 Å². The highest BCUT2D eigenvalue weighted by atomic mass is 35.5. The van der Waals surface area contributed by atoms with Crippen molar-refractivity contribution < 1.29 is 22.7 Å². The number of methoxy groups -OCH3 is 1. The van der Waals surface area contributed by atoms with Crippen molar-refractivity contribution in [2.24, 2.45) is 0 Å². The first kappa shape index (κ1) is 30.4. The molecule has 39 heavy (non-hydrogen) atoms. The lowest BCUT2D eigenvalue weighted by molar-refractivity contribution is -0.111. The second-order valence-electron chi connectivity index (χ2n) is 9.46. The predicted molar refractivity (Wildman–Crippen MR) is 154 cm³/mol. The Hall–Kier alpha value is -3.13. The number of amides is 1. The van der Waals surface area contributed by atoms with Gasteiger partial charge in [0.1, 0.15) is 16.9 Å². The van der Waals surface area contributed by atoms with Crippen LogP contribution < -0.4 is 25.0 Å². The lowest BCUT2D eigenvalue weighted by Crippen LogP contribution is -2.43. The number of aromatic nitrogens is 2. The maximum Gasteiger partial charge on any atom is 0.247 e. The van der Waals surface area contributed by atoms with Gasteiger partial charge in [-0.15, -0.1) is 0 Å². The monoisotopic (exact) mass is 581 g/mol. The largest absolute Gasteiger partial charge is 0.494 e. The number of nitrogens with zero attached hydrogens (tertiary/aromatic N) is 5. The predicted octanol–water partition coefficient (Wildman–Crippen LogP) is 2.81. The molecule has 0 saturated carbocycles. The standard InChI is InChI=1S/C25H36ClN7O5S/c1-7-23(34)28-19-13-20(22(37-5)14-21(19)32(4)12-11-31(2)3)29-25-27-15-18(26)24(30-25)38-17-9-8-10-33(16-17)39(6,35)36/h7,13-15,17H,1,8-12,16H2,2-6H3,(H,28,34)(H,27,29,30)/t17-/m0/s1. The molecule has 12 nitrogen and oxygen atoms in total. The van der Waals surface area contributed by atoms with Crippen LogP contribution in [0.3, 0.4) is 0 Å². The SMILES string of the molecule is C=CC(=O)Nc1cc(Nc2ncc(Cl)c(O[C@H]3CCCN(S(C)(=O)=O)C3)n2)c(OC)cc1N(C)CCN(C)C.